The van der Waals surface area contributed by atoms with E-state index in [4.69, 9.17) is 16.3 Å². The first-order valence-electron chi connectivity index (χ1n) is 9.97. The smallest absolute Gasteiger partial charge is 0.229 e. The number of hydrogen-bond acceptors (Lipinski definition) is 7. The first kappa shape index (κ1) is 20.6. The van der Waals surface area contributed by atoms with E-state index in [1.807, 2.05) is 13.0 Å². The van der Waals surface area contributed by atoms with E-state index in [0.29, 0.717) is 22.6 Å². The summed E-state index contributed by atoms with van der Waals surface area (Å²) in [7, 11) is 0. The van der Waals surface area contributed by atoms with Gasteiger partial charge in [0.2, 0.25) is 5.95 Å². The second kappa shape index (κ2) is 8.99. The molecule has 1 fully saturated rings. The molecule has 0 unspecified atom stereocenters. The third kappa shape index (κ3) is 4.89. The maximum atomic E-state index is 6.26. The van der Waals surface area contributed by atoms with Gasteiger partial charge in [-0.2, -0.15) is 10.1 Å². The first-order chi connectivity index (χ1) is 14.5. The lowest BCUT2D eigenvalue weighted by Crippen LogP contribution is -2.35. The van der Waals surface area contributed by atoms with Crippen LogP contribution in [0.3, 0.4) is 0 Å². The summed E-state index contributed by atoms with van der Waals surface area (Å²) < 4.78 is 5.45. The number of hydrogen-bond donors (Lipinski definition) is 3. The summed E-state index contributed by atoms with van der Waals surface area (Å²) in [5.74, 6) is 1.62. The Morgan fingerprint density at radius 2 is 1.90 bits per heavy atom. The van der Waals surface area contributed by atoms with Crippen molar-refractivity contribution in [2.45, 2.75) is 27.3 Å². The van der Waals surface area contributed by atoms with Crippen LogP contribution in [0.25, 0.3) is 0 Å². The largest absolute Gasteiger partial charge is 0.379 e. The zero-order chi connectivity index (χ0) is 21.1. The number of ether oxygens (including phenoxy) is 1. The molecule has 8 nitrogen and oxygen atoms in total. The van der Waals surface area contributed by atoms with E-state index >= 15 is 0 Å². The Bertz CT molecular complexity index is 1030. The van der Waals surface area contributed by atoms with Crippen molar-refractivity contribution in [2.24, 2.45) is 0 Å². The summed E-state index contributed by atoms with van der Waals surface area (Å²) in [4.78, 5) is 11.3. The lowest BCUT2D eigenvalue weighted by molar-refractivity contribution is 0.0341. The number of aromatic amines is 1. The molecule has 1 aromatic carbocycles. The van der Waals surface area contributed by atoms with Crippen molar-refractivity contribution in [3.8, 4) is 0 Å². The number of aryl methyl sites for hydroxylation is 3. The van der Waals surface area contributed by atoms with Crippen LogP contribution in [0.4, 0.5) is 23.3 Å². The van der Waals surface area contributed by atoms with Gasteiger partial charge in [-0.05, 0) is 43.5 Å². The molecule has 0 atom stereocenters. The third-order valence-electron chi connectivity index (χ3n) is 5.12. The number of aromatic nitrogens is 4. The average molecular weight is 428 g/mol. The number of halogens is 1. The molecule has 3 aromatic rings. The summed E-state index contributed by atoms with van der Waals surface area (Å²) in [5, 5.41) is 13.9. The van der Waals surface area contributed by atoms with Crippen LogP contribution < -0.4 is 10.6 Å². The number of nitrogens with zero attached hydrogens (tertiary/aromatic N) is 4. The van der Waals surface area contributed by atoms with E-state index in [9.17, 15) is 0 Å². The Morgan fingerprint density at radius 3 is 2.63 bits per heavy atom. The average Bonchev–Trinajstić information content (AvgIpc) is 3.14. The lowest BCUT2D eigenvalue weighted by Gasteiger charge is -2.27. The molecular formula is C21H26ClN7O. The van der Waals surface area contributed by atoms with Crippen molar-refractivity contribution in [2.75, 3.05) is 36.9 Å². The molecule has 2 aromatic heterocycles. The molecule has 0 spiro atoms. The third-order valence-corrected chi connectivity index (χ3v) is 5.40. The first-order valence-corrected chi connectivity index (χ1v) is 10.3. The highest BCUT2D eigenvalue weighted by molar-refractivity contribution is 6.32. The SMILES string of the molecule is Cc1cc(Nc2nc(Nc3cc(C)c(CN4CCOCC4)cc3C)ncc2Cl)n[nH]1. The Kier molecular flexibility index (Phi) is 6.17. The molecule has 158 valence electrons. The van der Waals surface area contributed by atoms with Crippen LogP contribution in [0.1, 0.15) is 22.4 Å². The van der Waals surface area contributed by atoms with Crippen molar-refractivity contribution >= 4 is 34.9 Å². The molecule has 3 heterocycles. The molecule has 1 saturated heterocycles. The van der Waals surface area contributed by atoms with E-state index in [1.165, 1.54) is 11.1 Å². The van der Waals surface area contributed by atoms with Crippen LogP contribution in [0.2, 0.25) is 5.02 Å². The standard InChI is InChI=1S/C21H26ClN7O/c1-13-9-18(14(2)8-16(13)12-29-4-6-30-7-5-29)24-21-23-11-17(22)20(26-21)25-19-10-15(3)27-28-19/h8-11H,4-7,12H2,1-3H3,(H3,23,24,25,26,27,28). The summed E-state index contributed by atoms with van der Waals surface area (Å²) in [6.45, 7) is 10.7. The second-order valence-electron chi connectivity index (χ2n) is 7.56. The van der Waals surface area contributed by atoms with E-state index in [0.717, 1.165) is 49.8 Å². The van der Waals surface area contributed by atoms with Gasteiger partial charge in [0.05, 0.1) is 19.4 Å². The van der Waals surface area contributed by atoms with Crippen molar-refractivity contribution < 1.29 is 4.74 Å². The van der Waals surface area contributed by atoms with E-state index < -0.39 is 0 Å². The molecule has 9 heteroatoms. The Hall–Kier alpha value is -2.68. The number of nitrogens with one attached hydrogen (secondary N) is 3. The number of benzene rings is 1. The highest BCUT2D eigenvalue weighted by Gasteiger charge is 2.14. The van der Waals surface area contributed by atoms with Gasteiger partial charge in [0.25, 0.3) is 0 Å². The van der Waals surface area contributed by atoms with Crippen LogP contribution in [0, 0.1) is 20.8 Å². The Morgan fingerprint density at radius 1 is 1.10 bits per heavy atom. The van der Waals surface area contributed by atoms with E-state index in [1.54, 1.807) is 6.20 Å². The van der Waals surface area contributed by atoms with Crippen LogP contribution in [-0.4, -0.2) is 51.4 Å². The van der Waals surface area contributed by atoms with Crippen LogP contribution >= 0.6 is 11.6 Å². The molecule has 0 bridgehead atoms. The molecule has 0 amide bonds. The van der Waals surface area contributed by atoms with Gasteiger partial charge in [0.15, 0.2) is 11.6 Å². The summed E-state index contributed by atoms with van der Waals surface area (Å²) in [6, 6.07) is 6.26. The fraction of sp³-hybridized carbons (Fsp3) is 0.381. The summed E-state index contributed by atoms with van der Waals surface area (Å²) in [5.41, 5.74) is 5.62. The van der Waals surface area contributed by atoms with Gasteiger partial charge >= 0.3 is 0 Å². The van der Waals surface area contributed by atoms with Crippen molar-refractivity contribution in [3.05, 3.63) is 51.8 Å². The van der Waals surface area contributed by atoms with E-state index in [-0.39, 0.29) is 0 Å². The number of morpholine rings is 1. The zero-order valence-corrected chi connectivity index (χ0v) is 18.2. The minimum Gasteiger partial charge on any atom is -0.379 e. The normalized spacial score (nSPS) is 14.7. The van der Waals surface area contributed by atoms with Gasteiger partial charge in [-0.3, -0.25) is 10.00 Å². The second-order valence-corrected chi connectivity index (χ2v) is 7.97. The highest BCUT2D eigenvalue weighted by Crippen LogP contribution is 2.27. The van der Waals surface area contributed by atoms with Crippen LogP contribution in [0.15, 0.2) is 24.4 Å². The van der Waals surface area contributed by atoms with Gasteiger partial charge in [-0.15, -0.1) is 0 Å². The van der Waals surface area contributed by atoms with Gasteiger partial charge < -0.3 is 15.4 Å². The molecule has 3 N–H and O–H groups in total. The van der Waals surface area contributed by atoms with Crippen LogP contribution in [0.5, 0.6) is 0 Å². The number of H-pyrrole nitrogens is 1. The molecule has 0 radical (unpaired) electrons. The zero-order valence-electron chi connectivity index (χ0n) is 17.4. The predicted molar refractivity (Wildman–Crippen MR) is 119 cm³/mol. The fourth-order valence-electron chi connectivity index (χ4n) is 3.42. The van der Waals surface area contributed by atoms with Gasteiger partial charge in [-0.25, -0.2) is 4.98 Å². The molecule has 4 rings (SSSR count). The van der Waals surface area contributed by atoms with Crippen molar-refractivity contribution in [1.82, 2.24) is 25.1 Å². The summed E-state index contributed by atoms with van der Waals surface area (Å²) >= 11 is 6.26. The minimum absolute atomic E-state index is 0.426. The Labute approximate surface area is 181 Å². The van der Waals surface area contributed by atoms with E-state index in [2.05, 4.69) is 61.7 Å². The van der Waals surface area contributed by atoms with Crippen LogP contribution in [-0.2, 0) is 11.3 Å². The van der Waals surface area contributed by atoms with Crippen molar-refractivity contribution in [1.29, 1.82) is 0 Å². The lowest BCUT2D eigenvalue weighted by atomic mass is 10.0. The molecule has 1 aliphatic heterocycles. The molecule has 30 heavy (non-hydrogen) atoms. The molecular weight excluding hydrogens is 402 g/mol. The Balaban J connectivity index is 1.50. The molecule has 1 aliphatic rings. The number of anilines is 4. The maximum Gasteiger partial charge on any atom is 0.229 e. The predicted octanol–water partition coefficient (Wildman–Crippen LogP) is 4.10. The number of rotatable bonds is 6. The topological polar surface area (TPSA) is 91.0 Å². The molecule has 0 aliphatic carbocycles. The maximum absolute atomic E-state index is 6.26. The van der Waals surface area contributed by atoms with Gasteiger partial charge in [0.1, 0.15) is 5.02 Å². The monoisotopic (exact) mass is 427 g/mol. The fourth-order valence-corrected chi connectivity index (χ4v) is 3.56. The highest BCUT2D eigenvalue weighted by atomic mass is 35.5. The van der Waals surface area contributed by atoms with Gasteiger partial charge in [-0.1, -0.05) is 17.7 Å². The quantitative estimate of drug-likeness (QED) is 0.545. The van der Waals surface area contributed by atoms with Crippen molar-refractivity contribution in [3.63, 3.8) is 0 Å². The minimum atomic E-state index is 0.426. The summed E-state index contributed by atoms with van der Waals surface area (Å²) in [6.07, 6.45) is 1.58. The molecule has 0 saturated carbocycles. The van der Waals surface area contributed by atoms with Gasteiger partial charge in [0, 0.05) is 37.1 Å².